The standard InChI is InChI=1S/C15H22F2N2O/c1-11(10-12-6-4-5-9-18-12)19-13-7-2-3-8-14(13)20-15(16)17/h2-3,7-8,11-12,15,18-19H,4-6,9-10H2,1H3. The van der Waals surface area contributed by atoms with Crippen LogP contribution in [0.1, 0.15) is 32.6 Å². The second-order valence-corrected chi connectivity index (χ2v) is 5.30. The molecule has 0 saturated carbocycles. The molecule has 5 heteroatoms. The zero-order valence-corrected chi connectivity index (χ0v) is 11.7. The summed E-state index contributed by atoms with van der Waals surface area (Å²) in [7, 11) is 0. The van der Waals surface area contributed by atoms with Crippen molar-refractivity contribution < 1.29 is 13.5 Å². The molecule has 1 heterocycles. The van der Waals surface area contributed by atoms with Crippen LogP contribution in [-0.4, -0.2) is 25.2 Å². The maximum Gasteiger partial charge on any atom is 0.387 e. The summed E-state index contributed by atoms with van der Waals surface area (Å²) in [5, 5.41) is 6.76. The van der Waals surface area contributed by atoms with E-state index in [1.807, 2.05) is 6.07 Å². The second kappa shape index (κ2) is 7.43. The van der Waals surface area contributed by atoms with Crippen molar-refractivity contribution in [3.63, 3.8) is 0 Å². The Morgan fingerprint density at radius 1 is 1.35 bits per heavy atom. The molecule has 0 bridgehead atoms. The highest BCUT2D eigenvalue weighted by Crippen LogP contribution is 2.27. The molecule has 1 saturated heterocycles. The molecule has 2 atom stereocenters. The van der Waals surface area contributed by atoms with Gasteiger partial charge in [0.25, 0.3) is 0 Å². The van der Waals surface area contributed by atoms with Gasteiger partial charge in [0.15, 0.2) is 0 Å². The van der Waals surface area contributed by atoms with E-state index < -0.39 is 6.61 Å². The Morgan fingerprint density at radius 3 is 2.85 bits per heavy atom. The zero-order valence-electron chi connectivity index (χ0n) is 11.7. The number of benzene rings is 1. The van der Waals surface area contributed by atoms with E-state index in [2.05, 4.69) is 22.3 Å². The number of halogens is 2. The minimum Gasteiger partial charge on any atom is -0.433 e. The van der Waals surface area contributed by atoms with Crippen molar-refractivity contribution in [2.75, 3.05) is 11.9 Å². The number of para-hydroxylation sites is 2. The average Bonchev–Trinajstić information content (AvgIpc) is 2.41. The van der Waals surface area contributed by atoms with E-state index in [0.29, 0.717) is 11.7 Å². The summed E-state index contributed by atoms with van der Waals surface area (Å²) in [6, 6.07) is 7.54. The quantitative estimate of drug-likeness (QED) is 0.837. The number of rotatable bonds is 6. The second-order valence-electron chi connectivity index (χ2n) is 5.30. The van der Waals surface area contributed by atoms with Gasteiger partial charge in [-0.1, -0.05) is 18.6 Å². The maximum atomic E-state index is 12.4. The third kappa shape index (κ3) is 4.63. The monoisotopic (exact) mass is 284 g/mol. The van der Waals surface area contributed by atoms with Gasteiger partial charge in [0, 0.05) is 12.1 Å². The van der Waals surface area contributed by atoms with Crippen molar-refractivity contribution in [3.8, 4) is 5.75 Å². The normalized spacial score (nSPS) is 20.7. The van der Waals surface area contributed by atoms with Gasteiger partial charge < -0.3 is 15.4 Å². The van der Waals surface area contributed by atoms with Crippen LogP contribution in [-0.2, 0) is 0 Å². The topological polar surface area (TPSA) is 33.3 Å². The molecule has 1 aliphatic heterocycles. The lowest BCUT2D eigenvalue weighted by molar-refractivity contribution is -0.0493. The summed E-state index contributed by atoms with van der Waals surface area (Å²) in [4.78, 5) is 0. The number of nitrogens with one attached hydrogen (secondary N) is 2. The lowest BCUT2D eigenvalue weighted by Crippen LogP contribution is -2.37. The Hall–Kier alpha value is -1.36. The van der Waals surface area contributed by atoms with Crippen molar-refractivity contribution in [1.29, 1.82) is 0 Å². The van der Waals surface area contributed by atoms with Crippen LogP contribution in [0.2, 0.25) is 0 Å². The maximum absolute atomic E-state index is 12.4. The number of alkyl halides is 2. The smallest absolute Gasteiger partial charge is 0.387 e. The van der Waals surface area contributed by atoms with E-state index in [0.717, 1.165) is 13.0 Å². The summed E-state index contributed by atoms with van der Waals surface area (Å²) in [6.45, 7) is 0.339. The Kier molecular flexibility index (Phi) is 5.59. The van der Waals surface area contributed by atoms with Gasteiger partial charge in [0.1, 0.15) is 5.75 Å². The van der Waals surface area contributed by atoms with Crippen LogP contribution in [0.4, 0.5) is 14.5 Å². The number of piperidine rings is 1. The van der Waals surface area contributed by atoms with Crippen molar-refractivity contribution in [3.05, 3.63) is 24.3 Å². The van der Waals surface area contributed by atoms with Gasteiger partial charge in [0.2, 0.25) is 0 Å². The molecule has 3 nitrogen and oxygen atoms in total. The zero-order chi connectivity index (χ0) is 14.4. The van der Waals surface area contributed by atoms with Crippen LogP contribution in [0, 0.1) is 0 Å². The summed E-state index contributed by atoms with van der Waals surface area (Å²) in [5.41, 5.74) is 0.621. The highest BCUT2D eigenvalue weighted by atomic mass is 19.3. The number of ether oxygens (including phenoxy) is 1. The van der Waals surface area contributed by atoms with Gasteiger partial charge in [-0.25, -0.2) is 0 Å². The molecule has 1 fully saturated rings. The first-order valence-corrected chi connectivity index (χ1v) is 7.19. The van der Waals surface area contributed by atoms with E-state index >= 15 is 0 Å². The number of hydrogen-bond acceptors (Lipinski definition) is 3. The molecule has 2 rings (SSSR count). The highest BCUT2D eigenvalue weighted by molar-refractivity contribution is 5.56. The first kappa shape index (κ1) is 15.0. The lowest BCUT2D eigenvalue weighted by atomic mass is 9.98. The van der Waals surface area contributed by atoms with E-state index in [4.69, 9.17) is 0 Å². The molecule has 1 aliphatic rings. The molecule has 0 aliphatic carbocycles. The molecular formula is C15H22F2N2O. The van der Waals surface area contributed by atoms with Crippen LogP contribution in [0.3, 0.4) is 0 Å². The third-order valence-electron chi connectivity index (χ3n) is 3.56. The Bertz CT molecular complexity index is 409. The number of hydrogen-bond donors (Lipinski definition) is 2. The van der Waals surface area contributed by atoms with Gasteiger partial charge in [-0.2, -0.15) is 8.78 Å². The Balaban J connectivity index is 1.91. The fourth-order valence-corrected chi connectivity index (χ4v) is 2.66. The fraction of sp³-hybridized carbons (Fsp3) is 0.600. The molecular weight excluding hydrogens is 262 g/mol. The molecule has 2 N–H and O–H groups in total. The van der Waals surface area contributed by atoms with E-state index in [-0.39, 0.29) is 11.8 Å². The third-order valence-corrected chi connectivity index (χ3v) is 3.56. The largest absolute Gasteiger partial charge is 0.433 e. The molecule has 1 aromatic carbocycles. The lowest BCUT2D eigenvalue weighted by Gasteiger charge is -2.27. The fourth-order valence-electron chi connectivity index (χ4n) is 2.66. The van der Waals surface area contributed by atoms with E-state index in [1.165, 1.54) is 19.3 Å². The van der Waals surface area contributed by atoms with Gasteiger partial charge in [-0.15, -0.1) is 0 Å². The van der Waals surface area contributed by atoms with Gasteiger partial charge in [0.05, 0.1) is 5.69 Å². The van der Waals surface area contributed by atoms with Gasteiger partial charge in [-0.05, 0) is 44.9 Å². The van der Waals surface area contributed by atoms with Crippen molar-refractivity contribution >= 4 is 5.69 Å². The predicted molar refractivity (Wildman–Crippen MR) is 76.4 cm³/mol. The minimum absolute atomic E-state index is 0.200. The summed E-state index contributed by atoms with van der Waals surface area (Å²) >= 11 is 0. The molecule has 0 spiro atoms. The van der Waals surface area contributed by atoms with Crippen LogP contribution in [0.15, 0.2) is 24.3 Å². The van der Waals surface area contributed by atoms with Crippen LogP contribution in [0.25, 0.3) is 0 Å². The minimum atomic E-state index is -2.80. The molecule has 0 aromatic heterocycles. The first-order chi connectivity index (χ1) is 9.65. The van der Waals surface area contributed by atoms with E-state index in [1.54, 1.807) is 18.2 Å². The van der Waals surface area contributed by atoms with E-state index in [9.17, 15) is 8.78 Å². The molecule has 20 heavy (non-hydrogen) atoms. The molecule has 2 unspecified atom stereocenters. The molecule has 1 aromatic rings. The summed E-state index contributed by atoms with van der Waals surface area (Å²) in [6.07, 6.45) is 4.66. The molecule has 0 radical (unpaired) electrons. The van der Waals surface area contributed by atoms with Crippen LogP contribution < -0.4 is 15.4 Å². The predicted octanol–water partition coefficient (Wildman–Crippen LogP) is 3.62. The average molecular weight is 284 g/mol. The first-order valence-electron chi connectivity index (χ1n) is 7.19. The summed E-state index contributed by atoms with van der Waals surface area (Å²) < 4.78 is 29.2. The highest BCUT2D eigenvalue weighted by Gasteiger charge is 2.17. The molecule has 112 valence electrons. The van der Waals surface area contributed by atoms with Crippen molar-refractivity contribution in [1.82, 2.24) is 5.32 Å². The summed E-state index contributed by atoms with van der Waals surface area (Å²) in [5.74, 6) is 0.200. The Labute approximate surface area is 118 Å². The SMILES string of the molecule is CC(CC1CCCCN1)Nc1ccccc1OC(F)F. The van der Waals surface area contributed by atoms with Gasteiger partial charge >= 0.3 is 6.61 Å². The van der Waals surface area contributed by atoms with Crippen LogP contribution >= 0.6 is 0 Å². The number of anilines is 1. The van der Waals surface area contributed by atoms with Crippen LogP contribution in [0.5, 0.6) is 5.75 Å². The molecule has 0 amide bonds. The Morgan fingerprint density at radius 2 is 2.15 bits per heavy atom. The van der Waals surface area contributed by atoms with Crippen molar-refractivity contribution in [2.45, 2.75) is 51.3 Å². The van der Waals surface area contributed by atoms with Gasteiger partial charge in [-0.3, -0.25) is 0 Å². The van der Waals surface area contributed by atoms with Crippen molar-refractivity contribution in [2.24, 2.45) is 0 Å².